The molecule has 10 heteroatoms. The Kier molecular flexibility index (Phi) is 7.13. The molecule has 0 aliphatic rings. The van der Waals surface area contributed by atoms with Gasteiger partial charge in [0.2, 0.25) is 5.91 Å². The standard InChI is InChI=1S/C19H19FN4O4.ClH/c1-10-4-12(20)14(7-16(10)25)24-19-11-5-17(28-3)15(23-18(26)8-27-2)6-13(11)21-9-22-19;/h4-7,9,25H,8H2,1-3H3,(H,23,26)(H,21,22,24);1H. The summed E-state index contributed by atoms with van der Waals surface area (Å²) in [4.78, 5) is 20.2. The molecule has 0 aliphatic heterocycles. The van der Waals surface area contributed by atoms with E-state index in [0.29, 0.717) is 33.7 Å². The molecule has 8 nitrogen and oxygen atoms in total. The van der Waals surface area contributed by atoms with E-state index < -0.39 is 5.82 Å². The summed E-state index contributed by atoms with van der Waals surface area (Å²) in [5, 5.41) is 15.9. The topological polar surface area (TPSA) is 106 Å². The number of nitrogens with one attached hydrogen (secondary N) is 2. The fourth-order valence-electron chi connectivity index (χ4n) is 2.65. The van der Waals surface area contributed by atoms with Gasteiger partial charge >= 0.3 is 0 Å². The van der Waals surface area contributed by atoms with E-state index in [4.69, 9.17) is 9.47 Å². The first-order valence-electron chi connectivity index (χ1n) is 8.30. The summed E-state index contributed by atoms with van der Waals surface area (Å²) >= 11 is 0. The fourth-order valence-corrected chi connectivity index (χ4v) is 2.65. The quantitative estimate of drug-likeness (QED) is 0.557. The lowest BCUT2D eigenvalue weighted by Crippen LogP contribution is -2.17. The maximum atomic E-state index is 14.2. The van der Waals surface area contributed by atoms with Crippen molar-refractivity contribution >= 4 is 46.4 Å². The van der Waals surface area contributed by atoms with E-state index in [1.165, 1.54) is 32.7 Å². The van der Waals surface area contributed by atoms with Crippen LogP contribution >= 0.6 is 12.4 Å². The zero-order valence-electron chi connectivity index (χ0n) is 15.9. The molecule has 3 aromatic rings. The monoisotopic (exact) mass is 422 g/mol. The minimum absolute atomic E-state index is 0. The van der Waals surface area contributed by atoms with Crippen molar-refractivity contribution in [2.45, 2.75) is 6.92 Å². The molecule has 0 aliphatic carbocycles. The number of phenolic OH excluding ortho intramolecular Hbond substituents is 1. The molecule has 0 atom stereocenters. The van der Waals surface area contributed by atoms with Crippen LogP contribution in [0.2, 0.25) is 0 Å². The molecule has 29 heavy (non-hydrogen) atoms. The first-order chi connectivity index (χ1) is 13.4. The van der Waals surface area contributed by atoms with E-state index in [1.807, 2.05) is 0 Å². The van der Waals surface area contributed by atoms with Crippen LogP contribution in [-0.4, -0.2) is 41.8 Å². The van der Waals surface area contributed by atoms with Crippen LogP contribution in [0.5, 0.6) is 11.5 Å². The van der Waals surface area contributed by atoms with Gasteiger partial charge in [0.05, 0.1) is 24.0 Å². The lowest BCUT2D eigenvalue weighted by atomic mass is 10.1. The number of fused-ring (bicyclic) bond motifs is 1. The number of benzene rings is 2. The second kappa shape index (κ2) is 9.35. The van der Waals surface area contributed by atoms with E-state index in [0.717, 1.165) is 0 Å². The summed E-state index contributed by atoms with van der Waals surface area (Å²) in [6.45, 7) is 1.50. The number of rotatable bonds is 6. The summed E-state index contributed by atoms with van der Waals surface area (Å²) in [6, 6.07) is 5.77. The highest BCUT2D eigenvalue weighted by Crippen LogP contribution is 2.34. The average molecular weight is 423 g/mol. The zero-order chi connectivity index (χ0) is 20.3. The molecule has 0 unspecified atom stereocenters. The third-order valence-electron chi connectivity index (χ3n) is 4.04. The third-order valence-corrected chi connectivity index (χ3v) is 4.04. The minimum atomic E-state index is -0.530. The lowest BCUT2D eigenvalue weighted by Gasteiger charge is -2.14. The van der Waals surface area contributed by atoms with Crippen molar-refractivity contribution in [2.24, 2.45) is 0 Å². The third kappa shape index (κ3) is 4.82. The van der Waals surface area contributed by atoms with E-state index in [2.05, 4.69) is 20.6 Å². The van der Waals surface area contributed by atoms with Crippen molar-refractivity contribution in [1.82, 2.24) is 9.97 Å². The van der Waals surface area contributed by atoms with Gasteiger partial charge in [0.25, 0.3) is 0 Å². The van der Waals surface area contributed by atoms with Crippen molar-refractivity contribution < 1.29 is 23.8 Å². The van der Waals surface area contributed by atoms with Gasteiger partial charge in [0, 0.05) is 18.6 Å². The van der Waals surface area contributed by atoms with Crippen molar-refractivity contribution in [2.75, 3.05) is 31.5 Å². The number of phenols is 1. The number of anilines is 3. The molecule has 1 heterocycles. The van der Waals surface area contributed by atoms with Gasteiger partial charge in [0.1, 0.15) is 36.1 Å². The van der Waals surface area contributed by atoms with Gasteiger partial charge in [-0.25, -0.2) is 14.4 Å². The van der Waals surface area contributed by atoms with Crippen LogP contribution < -0.4 is 15.4 Å². The van der Waals surface area contributed by atoms with E-state index in [9.17, 15) is 14.3 Å². The van der Waals surface area contributed by atoms with Crippen LogP contribution in [0.3, 0.4) is 0 Å². The number of carbonyl (C=O) groups is 1. The number of aromatic nitrogens is 2. The van der Waals surface area contributed by atoms with E-state index in [-0.39, 0.29) is 36.4 Å². The van der Waals surface area contributed by atoms with Crippen LogP contribution in [0.15, 0.2) is 30.6 Å². The molecule has 1 aromatic heterocycles. The molecule has 2 aromatic carbocycles. The second-order valence-corrected chi connectivity index (χ2v) is 6.02. The van der Waals surface area contributed by atoms with Gasteiger partial charge in [-0.3, -0.25) is 4.79 Å². The number of hydrogen-bond acceptors (Lipinski definition) is 7. The Morgan fingerprint density at radius 3 is 2.62 bits per heavy atom. The molecule has 0 saturated heterocycles. The van der Waals surface area contributed by atoms with Crippen LogP contribution in [0.4, 0.5) is 21.6 Å². The number of ether oxygens (including phenoxy) is 2. The SMILES string of the molecule is COCC(=O)Nc1cc2ncnc(Nc3cc(O)c(C)cc3F)c2cc1OC.Cl. The molecule has 3 N–H and O–H groups in total. The van der Waals surface area contributed by atoms with Gasteiger partial charge in [-0.2, -0.15) is 0 Å². The van der Waals surface area contributed by atoms with Gasteiger partial charge < -0.3 is 25.2 Å². The van der Waals surface area contributed by atoms with Gasteiger partial charge in [-0.1, -0.05) is 0 Å². The number of carbonyl (C=O) groups excluding carboxylic acids is 1. The summed E-state index contributed by atoms with van der Waals surface area (Å²) in [5.41, 5.74) is 1.41. The fraction of sp³-hybridized carbons (Fsp3) is 0.211. The number of nitrogens with zero attached hydrogens (tertiary/aromatic N) is 2. The normalized spacial score (nSPS) is 10.3. The smallest absolute Gasteiger partial charge is 0.250 e. The molecule has 0 fully saturated rings. The summed E-state index contributed by atoms with van der Waals surface area (Å²) in [5.74, 6) is -0.215. The van der Waals surface area contributed by atoms with E-state index >= 15 is 0 Å². The van der Waals surface area contributed by atoms with Gasteiger partial charge in [-0.15, -0.1) is 12.4 Å². The average Bonchev–Trinajstić information content (AvgIpc) is 2.66. The predicted octanol–water partition coefficient (Wildman–Crippen LogP) is 3.54. The largest absolute Gasteiger partial charge is 0.508 e. The first-order valence-corrected chi connectivity index (χ1v) is 8.30. The Hall–Kier alpha value is -3.17. The van der Waals surface area contributed by atoms with E-state index in [1.54, 1.807) is 19.1 Å². The van der Waals surface area contributed by atoms with Crippen molar-refractivity contribution in [3.8, 4) is 11.5 Å². The van der Waals surface area contributed by atoms with Crippen molar-refractivity contribution in [1.29, 1.82) is 0 Å². The van der Waals surface area contributed by atoms with Gasteiger partial charge in [-0.05, 0) is 30.7 Å². The first kappa shape index (κ1) is 22.1. The van der Waals surface area contributed by atoms with Crippen LogP contribution in [-0.2, 0) is 9.53 Å². The molecule has 0 bridgehead atoms. The molecule has 0 saturated carbocycles. The molecule has 154 valence electrons. The number of halogens is 2. The highest BCUT2D eigenvalue weighted by atomic mass is 35.5. The van der Waals surface area contributed by atoms with Crippen LogP contribution in [0.25, 0.3) is 10.9 Å². The molecule has 0 radical (unpaired) electrons. The number of aryl methyl sites for hydroxylation is 1. The Morgan fingerprint density at radius 2 is 1.93 bits per heavy atom. The zero-order valence-corrected chi connectivity index (χ0v) is 16.8. The molecule has 3 rings (SSSR count). The summed E-state index contributed by atoms with van der Waals surface area (Å²) < 4.78 is 24.4. The number of amides is 1. The summed E-state index contributed by atoms with van der Waals surface area (Å²) in [6.07, 6.45) is 1.31. The molecule has 0 spiro atoms. The molecular formula is C19H20ClFN4O4. The molecule has 1 amide bonds. The van der Waals surface area contributed by atoms with Gasteiger partial charge in [0.15, 0.2) is 0 Å². The van der Waals surface area contributed by atoms with Crippen molar-refractivity contribution in [3.05, 3.63) is 42.0 Å². The lowest BCUT2D eigenvalue weighted by molar-refractivity contribution is -0.119. The Labute approximate surface area is 172 Å². The van der Waals surface area contributed by atoms with Crippen molar-refractivity contribution in [3.63, 3.8) is 0 Å². The maximum Gasteiger partial charge on any atom is 0.250 e. The second-order valence-electron chi connectivity index (χ2n) is 6.02. The highest BCUT2D eigenvalue weighted by molar-refractivity contribution is 5.99. The minimum Gasteiger partial charge on any atom is -0.508 e. The summed E-state index contributed by atoms with van der Waals surface area (Å²) in [7, 11) is 2.88. The molecular weight excluding hydrogens is 403 g/mol. The number of methoxy groups -OCH3 is 2. The predicted molar refractivity (Wildman–Crippen MR) is 110 cm³/mol. The highest BCUT2D eigenvalue weighted by Gasteiger charge is 2.14. The number of aromatic hydroxyl groups is 1. The van der Waals surface area contributed by atoms with Crippen LogP contribution in [0, 0.1) is 12.7 Å². The maximum absolute atomic E-state index is 14.2. The number of hydrogen-bond donors (Lipinski definition) is 3. The van der Waals surface area contributed by atoms with Crippen LogP contribution in [0.1, 0.15) is 5.56 Å². The Bertz CT molecular complexity index is 1050. The Morgan fingerprint density at radius 1 is 1.17 bits per heavy atom. The Balaban J connectivity index is 0.00000300.